The van der Waals surface area contributed by atoms with E-state index >= 15 is 0 Å². The molecule has 2 aromatic carbocycles. The molecule has 1 heterocycles. The van der Waals surface area contributed by atoms with E-state index in [1.807, 2.05) is 0 Å². The lowest BCUT2D eigenvalue weighted by Gasteiger charge is -2.29. The summed E-state index contributed by atoms with van der Waals surface area (Å²) in [6.07, 6.45) is 1.26. The number of rotatable bonds is 4. The molecule has 146 valence electrons. The fraction of sp³-hybridized carbons (Fsp3) is 0.200. The minimum absolute atomic E-state index is 0.225. The van der Waals surface area contributed by atoms with Crippen LogP contribution in [0, 0.1) is 17.5 Å². The topological polar surface area (TPSA) is 61.8 Å². The molecule has 0 aromatic heterocycles. The number of ether oxygens (including phenoxy) is 3. The van der Waals surface area contributed by atoms with Gasteiger partial charge in [0.1, 0.15) is 12.2 Å². The molecule has 0 bridgehead atoms. The van der Waals surface area contributed by atoms with Crippen molar-refractivity contribution in [3.8, 4) is 5.75 Å². The number of cyclic esters (lactones) is 2. The zero-order chi connectivity index (χ0) is 20.5. The number of esters is 2. The van der Waals surface area contributed by atoms with Gasteiger partial charge in [0.25, 0.3) is 5.79 Å². The number of hydrogen-bond donors (Lipinski definition) is 0. The third kappa shape index (κ3) is 4.00. The summed E-state index contributed by atoms with van der Waals surface area (Å²) >= 11 is 0. The molecular weight excluding hydrogens is 377 g/mol. The van der Waals surface area contributed by atoms with Crippen LogP contribution < -0.4 is 4.74 Å². The normalized spacial score (nSPS) is 15.7. The average molecular weight is 392 g/mol. The zero-order valence-corrected chi connectivity index (χ0v) is 14.9. The van der Waals surface area contributed by atoms with Gasteiger partial charge in [0.2, 0.25) is 5.82 Å². The monoisotopic (exact) mass is 392 g/mol. The van der Waals surface area contributed by atoms with E-state index in [2.05, 4.69) is 0 Å². The molecule has 1 fully saturated rings. The summed E-state index contributed by atoms with van der Waals surface area (Å²) < 4.78 is 55.4. The summed E-state index contributed by atoms with van der Waals surface area (Å²) in [7, 11) is 0. The highest BCUT2D eigenvalue weighted by atomic mass is 19.2. The quantitative estimate of drug-likeness (QED) is 0.342. The lowest BCUT2D eigenvalue weighted by Crippen LogP contribution is -2.41. The lowest BCUT2D eigenvalue weighted by atomic mass is 10.0. The molecule has 0 aliphatic carbocycles. The Labute approximate surface area is 158 Å². The van der Waals surface area contributed by atoms with Crippen LogP contribution in [0.1, 0.15) is 25.0 Å². The van der Waals surface area contributed by atoms with Crippen molar-refractivity contribution >= 4 is 18.0 Å². The van der Waals surface area contributed by atoms with Crippen LogP contribution in [-0.2, 0) is 25.7 Å². The first-order valence-corrected chi connectivity index (χ1v) is 8.20. The summed E-state index contributed by atoms with van der Waals surface area (Å²) in [5.74, 6) is -7.93. The highest BCUT2D eigenvalue weighted by Gasteiger charge is 2.38. The van der Waals surface area contributed by atoms with Crippen molar-refractivity contribution in [2.24, 2.45) is 0 Å². The van der Waals surface area contributed by atoms with Gasteiger partial charge in [0.05, 0.1) is 0 Å². The Morgan fingerprint density at radius 1 is 0.964 bits per heavy atom. The first-order chi connectivity index (χ1) is 13.2. The first kappa shape index (κ1) is 19.5. The summed E-state index contributed by atoms with van der Waals surface area (Å²) in [4.78, 5) is 24.2. The van der Waals surface area contributed by atoms with Crippen LogP contribution in [0.5, 0.6) is 5.75 Å². The maximum atomic E-state index is 13.7. The molecule has 2 aromatic rings. The van der Waals surface area contributed by atoms with Gasteiger partial charge < -0.3 is 14.2 Å². The summed E-state index contributed by atoms with van der Waals surface area (Å²) in [6.45, 7) is 2.63. The maximum Gasteiger partial charge on any atom is 0.348 e. The minimum atomic E-state index is -1.64. The fourth-order valence-corrected chi connectivity index (χ4v) is 2.52. The van der Waals surface area contributed by atoms with Gasteiger partial charge in [0.15, 0.2) is 17.4 Å². The van der Waals surface area contributed by atoms with E-state index in [-0.39, 0.29) is 12.2 Å². The average Bonchev–Trinajstić information content (AvgIpc) is 2.62. The van der Waals surface area contributed by atoms with Crippen molar-refractivity contribution < 1.29 is 37.0 Å². The van der Waals surface area contributed by atoms with Gasteiger partial charge in [-0.25, -0.2) is 18.4 Å². The predicted octanol–water partition coefficient (Wildman–Crippen LogP) is 3.90. The number of benzene rings is 2. The smallest absolute Gasteiger partial charge is 0.348 e. The number of carbonyl (C=O) groups is 2. The number of carbonyl (C=O) groups excluding carboxylic acids is 2. The van der Waals surface area contributed by atoms with Crippen molar-refractivity contribution in [2.75, 3.05) is 0 Å². The lowest BCUT2D eigenvalue weighted by molar-refractivity contribution is -0.222. The molecule has 28 heavy (non-hydrogen) atoms. The Morgan fingerprint density at radius 3 is 2.29 bits per heavy atom. The Bertz CT molecular complexity index is 960. The summed E-state index contributed by atoms with van der Waals surface area (Å²) in [5.41, 5.74) is 0.560. The van der Waals surface area contributed by atoms with Crippen LogP contribution in [0.15, 0.2) is 42.0 Å². The van der Waals surface area contributed by atoms with Gasteiger partial charge in [-0.05, 0) is 29.3 Å². The largest absolute Gasteiger partial charge is 0.486 e. The van der Waals surface area contributed by atoms with E-state index in [1.165, 1.54) is 19.9 Å². The predicted molar refractivity (Wildman–Crippen MR) is 91.3 cm³/mol. The highest BCUT2D eigenvalue weighted by Crippen LogP contribution is 2.26. The third-order valence-electron chi connectivity index (χ3n) is 3.85. The molecule has 8 heteroatoms. The van der Waals surface area contributed by atoms with Crippen LogP contribution in [-0.4, -0.2) is 17.7 Å². The maximum absolute atomic E-state index is 13.7. The van der Waals surface area contributed by atoms with Crippen LogP contribution in [0.25, 0.3) is 6.08 Å². The molecule has 0 spiro atoms. The van der Waals surface area contributed by atoms with Crippen molar-refractivity contribution in [1.29, 1.82) is 0 Å². The molecule has 3 rings (SSSR count). The van der Waals surface area contributed by atoms with Crippen LogP contribution in [0.4, 0.5) is 13.2 Å². The van der Waals surface area contributed by atoms with Gasteiger partial charge in [-0.1, -0.05) is 24.3 Å². The van der Waals surface area contributed by atoms with Gasteiger partial charge in [0, 0.05) is 13.8 Å². The molecule has 1 saturated heterocycles. The van der Waals surface area contributed by atoms with Crippen LogP contribution in [0.3, 0.4) is 0 Å². The van der Waals surface area contributed by atoms with Crippen LogP contribution >= 0.6 is 0 Å². The van der Waals surface area contributed by atoms with Gasteiger partial charge in [-0.15, -0.1) is 0 Å². The molecule has 0 atom stereocenters. The van der Waals surface area contributed by atoms with Gasteiger partial charge >= 0.3 is 11.9 Å². The molecule has 1 aliphatic rings. The molecule has 5 nitrogen and oxygen atoms in total. The number of halogens is 3. The standard InChI is InChI=1S/C20H15F3O5/c1-20(2)27-18(24)13(19(25)28-20)9-11-5-3-4-6-12(11)10-26-15-8-7-14(21)16(22)17(15)23/h3-9H,10H2,1-2H3. The molecule has 0 N–H and O–H groups in total. The summed E-state index contributed by atoms with van der Waals surface area (Å²) in [5, 5.41) is 0. The Kier molecular flexibility index (Phi) is 5.13. The van der Waals surface area contributed by atoms with E-state index in [9.17, 15) is 22.8 Å². The van der Waals surface area contributed by atoms with Gasteiger partial charge in [-0.2, -0.15) is 4.39 Å². The second kappa shape index (κ2) is 7.38. The van der Waals surface area contributed by atoms with E-state index in [0.29, 0.717) is 11.1 Å². The van der Waals surface area contributed by atoms with E-state index < -0.39 is 40.9 Å². The van der Waals surface area contributed by atoms with E-state index in [1.54, 1.807) is 24.3 Å². The molecule has 0 unspecified atom stereocenters. The third-order valence-corrected chi connectivity index (χ3v) is 3.85. The van der Waals surface area contributed by atoms with E-state index in [0.717, 1.165) is 12.1 Å². The van der Waals surface area contributed by atoms with Gasteiger partial charge in [-0.3, -0.25) is 0 Å². The summed E-state index contributed by atoms with van der Waals surface area (Å²) in [6, 6.07) is 8.21. The molecular formula is C20H15F3O5. The SMILES string of the molecule is CC1(C)OC(=O)C(=Cc2ccccc2COc2ccc(F)c(F)c2F)C(=O)O1. The highest BCUT2D eigenvalue weighted by molar-refractivity contribution is 6.18. The Balaban J connectivity index is 1.85. The zero-order valence-electron chi connectivity index (χ0n) is 14.9. The molecule has 0 amide bonds. The van der Waals surface area contributed by atoms with Crippen molar-refractivity contribution in [1.82, 2.24) is 0 Å². The minimum Gasteiger partial charge on any atom is -0.486 e. The Hall–Kier alpha value is -3.29. The Morgan fingerprint density at radius 2 is 1.61 bits per heavy atom. The van der Waals surface area contributed by atoms with Crippen molar-refractivity contribution in [3.63, 3.8) is 0 Å². The molecule has 0 radical (unpaired) electrons. The van der Waals surface area contributed by atoms with Crippen molar-refractivity contribution in [3.05, 3.63) is 70.5 Å². The first-order valence-electron chi connectivity index (χ1n) is 8.20. The van der Waals surface area contributed by atoms with Crippen LogP contribution in [0.2, 0.25) is 0 Å². The second-order valence-electron chi connectivity index (χ2n) is 6.40. The molecule has 0 saturated carbocycles. The number of hydrogen-bond acceptors (Lipinski definition) is 5. The fourth-order valence-electron chi connectivity index (χ4n) is 2.52. The van der Waals surface area contributed by atoms with E-state index in [4.69, 9.17) is 14.2 Å². The molecule has 1 aliphatic heterocycles. The second-order valence-corrected chi connectivity index (χ2v) is 6.40. The van der Waals surface area contributed by atoms with Crippen molar-refractivity contribution in [2.45, 2.75) is 26.2 Å².